The lowest BCUT2D eigenvalue weighted by molar-refractivity contribution is -0.110. The zero-order chi connectivity index (χ0) is 21.9. The van der Waals surface area contributed by atoms with E-state index in [2.05, 4.69) is 45.2 Å². The fourth-order valence-corrected chi connectivity index (χ4v) is 4.93. The van der Waals surface area contributed by atoms with Gasteiger partial charge in [0, 0.05) is 42.0 Å². The van der Waals surface area contributed by atoms with Gasteiger partial charge in [0.05, 0.1) is 20.3 Å². The Morgan fingerprint density at radius 3 is 2.78 bits per heavy atom. The van der Waals surface area contributed by atoms with E-state index in [0.29, 0.717) is 5.57 Å². The third-order valence-electron chi connectivity index (χ3n) is 6.05. The van der Waals surface area contributed by atoms with Gasteiger partial charge in [-0.15, -0.1) is 0 Å². The number of hydrogen-bond acceptors (Lipinski definition) is 5. The molecule has 2 aliphatic heterocycles. The maximum Gasteiger partial charge on any atom is 0.256 e. The van der Waals surface area contributed by atoms with Crippen LogP contribution in [-0.4, -0.2) is 50.8 Å². The van der Waals surface area contributed by atoms with Gasteiger partial charge >= 0.3 is 0 Å². The van der Waals surface area contributed by atoms with E-state index in [0.717, 1.165) is 73.0 Å². The molecule has 6 heteroatoms. The zero-order valence-electron chi connectivity index (χ0n) is 18.1. The van der Waals surface area contributed by atoms with E-state index in [9.17, 15) is 4.79 Å². The monoisotopic (exact) mass is 446 g/mol. The molecule has 1 N–H and O–H groups in total. The van der Waals surface area contributed by atoms with Crippen molar-refractivity contribution in [2.75, 3.05) is 45.3 Å². The van der Waals surface area contributed by atoms with Crippen LogP contribution in [0, 0.1) is 0 Å². The largest absolute Gasteiger partial charge is 0.496 e. The molecule has 32 heavy (non-hydrogen) atoms. The van der Waals surface area contributed by atoms with Crippen molar-refractivity contribution in [3.63, 3.8) is 0 Å². The third kappa shape index (κ3) is 4.35. The number of anilines is 1. The highest BCUT2D eigenvalue weighted by Crippen LogP contribution is 2.36. The number of nitrogens with zero attached hydrogens (tertiary/aromatic N) is 1. The Morgan fingerprint density at radius 2 is 2.00 bits per heavy atom. The van der Waals surface area contributed by atoms with Crippen LogP contribution in [0.5, 0.6) is 5.75 Å². The van der Waals surface area contributed by atoms with Gasteiger partial charge in [-0.2, -0.15) is 11.3 Å². The third-order valence-corrected chi connectivity index (χ3v) is 6.74. The number of benzene rings is 2. The molecule has 1 fully saturated rings. The Labute approximate surface area is 192 Å². The summed E-state index contributed by atoms with van der Waals surface area (Å²) >= 11 is 1.65. The molecule has 164 valence electrons. The first-order valence-corrected chi connectivity index (χ1v) is 11.8. The summed E-state index contributed by atoms with van der Waals surface area (Å²) in [6.45, 7) is 4.60. The molecule has 1 amide bonds. The van der Waals surface area contributed by atoms with Gasteiger partial charge in [-0.05, 0) is 70.3 Å². The average molecular weight is 447 g/mol. The van der Waals surface area contributed by atoms with Gasteiger partial charge in [0.1, 0.15) is 5.75 Å². The topological polar surface area (TPSA) is 50.8 Å². The summed E-state index contributed by atoms with van der Waals surface area (Å²) in [7, 11) is 1.68. The van der Waals surface area contributed by atoms with Crippen LogP contribution >= 0.6 is 11.3 Å². The molecule has 1 saturated heterocycles. The minimum atomic E-state index is -0.0572. The van der Waals surface area contributed by atoms with Crippen molar-refractivity contribution >= 4 is 34.6 Å². The molecule has 0 spiro atoms. The molecule has 2 aromatic carbocycles. The second-order valence-electron chi connectivity index (χ2n) is 8.07. The molecule has 0 aliphatic carbocycles. The van der Waals surface area contributed by atoms with Gasteiger partial charge in [0.2, 0.25) is 0 Å². The molecule has 1 aromatic heterocycles. The molecule has 0 radical (unpaired) electrons. The van der Waals surface area contributed by atoms with Gasteiger partial charge in [0.25, 0.3) is 5.91 Å². The lowest BCUT2D eigenvalue weighted by Gasteiger charge is -2.26. The second kappa shape index (κ2) is 9.28. The number of carbonyl (C=O) groups excluding carboxylic acids is 1. The van der Waals surface area contributed by atoms with Crippen LogP contribution in [0.3, 0.4) is 0 Å². The van der Waals surface area contributed by atoms with Crippen molar-refractivity contribution in [3.8, 4) is 16.9 Å². The van der Waals surface area contributed by atoms with Crippen molar-refractivity contribution in [1.82, 2.24) is 4.90 Å². The summed E-state index contributed by atoms with van der Waals surface area (Å²) in [4.78, 5) is 15.2. The first-order valence-electron chi connectivity index (χ1n) is 10.9. The van der Waals surface area contributed by atoms with Crippen LogP contribution in [0.1, 0.15) is 16.7 Å². The summed E-state index contributed by atoms with van der Waals surface area (Å²) in [5.41, 5.74) is 6.92. The minimum absolute atomic E-state index is 0.0572. The van der Waals surface area contributed by atoms with Crippen LogP contribution in [0.4, 0.5) is 5.69 Å². The molecule has 2 aliphatic rings. The van der Waals surface area contributed by atoms with Crippen LogP contribution in [0.25, 0.3) is 22.8 Å². The standard InChI is InChI=1S/C26H26N2O3S/c1-30-25-5-3-19(15-21(25)20-7-13-32-17-20)16-23-22-14-18(2-4-24(22)27-26(23)29)6-8-28-9-11-31-12-10-28/h2-5,7,13-17H,6,8-12H2,1H3,(H,27,29)/b23-16+. The molecule has 3 heterocycles. The fraction of sp³-hybridized carbons (Fsp3) is 0.269. The van der Waals surface area contributed by atoms with E-state index in [1.54, 1.807) is 18.4 Å². The molecule has 5 nitrogen and oxygen atoms in total. The first kappa shape index (κ1) is 20.9. The highest BCUT2D eigenvalue weighted by Gasteiger charge is 2.24. The number of nitrogens with one attached hydrogen (secondary N) is 1. The van der Waals surface area contributed by atoms with E-state index >= 15 is 0 Å². The van der Waals surface area contributed by atoms with E-state index < -0.39 is 0 Å². The Morgan fingerprint density at radius 1 is 1.12 bits per heavy atom. The van der Waals surface area contributed by atoms with Gasteiger partial charge in [-0.3, -0.25) is 9.69 Å². The smallest absolute Gasteiger partial charge is 0.256 e. The van der Waals surface area contributed by atoms with Gasteiger partial charge in [-0.25, -0.2) is 0 Å². The Kier molecular flexibility index (Phi) is 6.08. The van der Waals surface area contributed by atoms with Crippen molar-refractivity contribution in [2.24, 2.45) is 0 Å². The maximum absolute atomic E-state index is 12.8. The number of thiophene rings is 1. The number of morpholine rings is 1. The lowest BCUT2D eigenvalue weighted by Crippen LogP contribution is -2.37. The number of amides is 1. The number of carbonyl (C=O) groups is 1. The Hall–Kier alpha value is -2.93. The Bertz CT molecular complexity index is 1150. The SMILES string of the molecule is COc1ccc(/C=C2/C(=O)Nc3ccc(CCN4CCOCC4)cc32)cc1-c1ccsc1. The molecular formula is C26H26N2O3S. The maximum atomic E-state index is 12.8. The quantitative estimate of drug-likeness (QED) is 0.553. The molecule has 3 aromatic rings. The van der Waals surface area contributed by atoms with E-state index in [1.807, 2.05) is 24.3 Å². The summed E-state index contributed by atoms with van der Waals surface area (Å²) in [6, 6.07) is 14.4. The van der Waals surface area contributed by atoms with Crippen LogP contribution in [0.2, 0.25) is 0 Å². The molecule has 0 atom stereocenters. The second-order valence-corrected chi connectivity index (χ2v) is 8.85. The molecular weight excluding hydrogens is 420 g/mol. The predicted molar refractivity (Wildman–Crippen MR) is 130 cm³/mol. The first-order chi connectivity index (χ1) is 15.7. The predicted octanol–water partition coefficient (Wildman–Crippen LogP) is 4.79. The molecule has 0 bridgehead atoms. The van der Waals surface area contributed by atoms with E-state index in [-0.39, 0.29) is 5.91 Å². The molecule has 5 rings (SSSR count). The normalized spacial score (nSPS) is 17.4. The van der Waals surface area contributed by atoms with E-state index in [4.69, 9.17) is 9.47 Å². The lowest BCUT2D eigenvalue weighted by atomic mass is 9.98. The fourth-order valence-electron chi connectivity index (χ4n) is 4.27. The Balaban J connectivity index is 1.42. The van der Waals surface area contributed by atoms with Crippen molar-refractivity contribution in [2.45, 2.75) is 6.42 Å². The van der Waals surface area contributed by atoms with Gasteiger partial charge < -0.3 is 14.8 Å². The molecule has 0 unspecified atom stereocenters. The number of hydrogen-bond donors (Lipinski definition) is 1. The van der Waals surface area contributed by atoms with Crippen LogP contribution < -0.4 is 10.1 Å². The molecule has 0 saturated carbocycles. The number of rotatable bonds is 6. The summed E-state index contributed by atoms with van der Waals surface area (Å²) in [5, 5.41) is 7.17. The van der Waals surface area contributed by atoms with Gasteiger partial charge in [-0.1, -0.05) is 12.1 Å². The zero-order valence-corrected chi connectivity index (χ0v) is 18.9. The van der Waals surface area contributed by atoms with Gasteiger partial charge in [0.15, 0.2) is 0 Å². The highest BCUT2D eigenvalue weighted by molar-refractivity contribution is 7.08. The van der Waals surface area contributed by atoms with Crippen LogP contribution in [-0.2, 0) is 16.0 Å². The van der Waals surface area contributed by atoms with Crippen molar-refractivity contribution in [3.05, 3.63) is 69.9 Å². The number of ether oxygens (including phenoxy) is 2. The summed E-state index contributed by atoms with van der Waals surface area (Å²) < 4.78 is 11.0. The highest BCUT2D eigenvalue weighted by atomic mass is 32.1. The average Bonchev–Trinajstić information content (AvgIpc) is 3.47. The van der Waals surface area contributed by atoms with Crippen LogP contribution in [0.15, 0.2) is 53.2 Å². The number of methoxy groups -OCH3 is 1. The van der Waals surface area contributed by atoms with E-state index in [1.165, 1.54) is 5.56 Å². The minimum Gasteiger partial charge on any atom is -0.496 e. The summed E-state index contributed by atoms with van der Waals surface area (Å²) in [5.74, 6) is 0.769. The summed E-state index contributed by atoms with van der Waals surface area (Å²) in [6.07, 6.45) is 2.93. The van der Waals surface area contributed by atoms with Crippen molar-refractivity contribution < 1.29 is 14.3 Å². The number of fused-ring (bicyclic) bond motifs is 1. The van der Waals surface area contributed by atoms with Crippen molar-refractivity contribution in [1.29, 1.82) is 0 Å².